The van der Waals surface area contributed by atoms with E-state index in [9.17, 15) is 4.79 Å². The minimum absolute atomic E-state index is 0.203. The number of halogens is 1. The molecular formula is C25H19ClN2O4S. The summed E-state index contributed by atoms with van der Waals surface area (Å²) in [5.74, 6) is 1.77. The second-order valence-corrected chi connectivity index (χ2v) is 8.66. The van der Waals surface area contributed by atoms with E-state index < -0.39 is 0 Å². The Morgan fingerprint density at radius 1 is 1.15 bits per heavy atom. The third kappa shape index (κ3) is 4.37. The van der Waals surface area contributed by atoms with Crippen LogP contribution in [0.3, 0.4) is 0 Å². The van der Waals surface area contributed by atoms with E-state index in [0.29, 0.717) is 39.5 Å². The van der Waals surface area contributed by atoms with Crippen LogP contribution in [0.5, 0.6) is 17.2 Å². The number of nitrogens with zero attached hydrogens (tertiary/aromatic N) is 2. The third-order valence-corrected chi connectivity index (χ3v) is 6.70. The van der Waals surface area contributed by atoms with Crippen molar-refractivity contribution in [2.75, 3.05) is 18.8 Å². The molecular weight excluding hydrogens is 460 g/mol. The molecule has 3 aromatic carbocycles. The Morgan fingerprint density at radius 3 is 2.79 bits per heavy atom. The molecule has 6 nitrogen and oxygen atoms in total. The first-order chi connectivity index (χ1) is 16.1. The summed E-state index contributed by atoms with van der Waals surface area (Å²) in [5.41, 5.74) is 2.46. The first-order valence-corrected chi connectivity index (χ1v) is 11.4. The normalized spacial score (nSPS) is 12.4. The summed E-state index contributed by atoms with van der Waals surface area (Å²) in [6, 6.07) is 18.9. The Kier molecular flexibility index (Phi) is 5.90. The molecule has 1 aliphatic heterocycles. The van der Waals surface area contributed by atoms with Crippen molar-refractivity contribution in [3.05, 3.63) is 82.9 Å². The van der Waals surface area contributed by atoms with Crippen LogP contribution in [0.2, 0.25) is 5.02 Å². The third-order valence-electron chi connectivity index (χ3n) is 5.16. The lowest BCUT2D eigenvalue weighted by atomic mass is 10.2. The average molecular weight is 479 g/mol. The summed E-state index contributed by atoms with van der Waals surface area (Å²) in [5, 5.41) is 1.11. The highest BCUT2D eigenvalue weighted by molar-refractivity contribution is 7.23. The number of fused-ring (bicyclic) bond motifs is 2. The van der Waals surface area contributed by atoms with Crippen molar-refractivity contribution < 1.29 is 19.0 Å². The zero-order valence-electron chi connectivity index (χ0n) is 17.7. The molecule has 5 rings (SSSR count). The zero-order chi connectivity index (χ0) is 22.8. The minimum atomic E-state index is -0.203. The molecule has 8 heteroatoms. The van der Waals surface area contributed by atoms with Gasteiger partial charge in [-0.3, -0.25) is 9.69 Å². The van der Waals surface area contributed by atoms with Gasteiger partial charge >= 0.3 is 0 Å². The summed E-state index contributed by atoms with van der Waals surface area (Å²) in [6.07, 6.45) is 3.29. The van der Waals surface area contributed by atoms with Crippen LogP contribution in [0, 0.1) is 0 Å². The monoisotopic (exact) mass is 478 g/mol. The lowest BCUT2D eigenvalue weighted by Gasteiger charge is -2.18. The van der Waals surface area contributed by atoms with Crippen molar-refractivity contribution >= 4 is 50.3 Å². The molecule has 1 amide bonds. The molecule has 2 heterocycles. The lowest BCUT2D eigenvalue weighted by molar-refractivity contribution is -0.114. The number of hydrogen-bond donors (Lipinski definition) is 0. The smallest absolute Gasteiger partial charge is 0.253 e. The maximum absolute atomic E-state index is 13.4. The Hall–Kier alpha value is -3.55. The van der Waals surface area contributed by atoms with E-state index in [0.717, 1.165) is 15.8 Å². The van der Waals surface area contributed by atoms with Gasteiger partial charge in [0.05, 0.1) is 23.4 Å². The van der Waals surface area contributed by atoms with E-state index in [1.54, 1.807) is 30.2 Å². The first kappa shape index (κ1) is 21.3. The van der Waals surface area contributed by atoms with E-state index in [-0.39, 0.29) is 12.7 Å². The number of aromatic nitrogens is 1. The van der Waals surface area contributed by atoms with E-state index >= 15 is 0 Å². The molecule has 0 atom stereocenters. The summed E-state index contributed by atoms with van der Waals surface area (Å²) in [6.45, 7) is 0.570. The molecule has 0 fully saturated rings. The molecule has 0 unspecified atom stereocenters. The van der Waals surface area contributed by atoms with Crippen LogP contribution in [-0.2, 0) is 11.3 Å². The van der Waals surface area contributed by atoms with Gasteiger partial charge in [0.2, 0.25) is 6.79 Å². The highest BCUT2D eigenvalue weighted by atomic mass is 35.5. The van der Waals surface area contributed by atoms with Gasteiger partial charge < -0.3 is 14.2 Å². The number of amides is 1. The number of thiazole rings is 1. The average Bonchev–Trinajstić information content (AvgIpc) is 3.49. The quantitative estimate of drug-likeness (QED) is 0.321. The second kappa shape index (κ2) is 9.13. The van der Waals surface area contributed by atoms with Gasteiger partial charge in [0.25, 0.3) is 5.91 Å². The number of benzene rings is 3. The minimum Gasteiger partial charge on any atom is -0.494 e. The molecule has 0 bridgehead atoms. The predicted octanol–water partition coefficient (Wildman–Crippen LogP) is 5.93. The van der Waals surface area contributed by atoms with Crippen molar-refractivity contribution in [1.82, 2.24) is 4.98 Å². The van der Waals surface area contributed by atoms with Crippen LogP contribution < -0.4 is 19.1 Å². The Labute approximate surface area is 199 Å². The second-order valence-electron chi connectivity index (χ2n) is 7.28. The number of carbonyl (C=O) groups excluding carboxylic acids is 1. The SMILES string of the molecule is COc1ccc(Cl)c2sc(N(Cc3ccccc3)C(=O)/C=C/c3ccc4c(c3)OCO4)nc12. The fourth-order valence-corrected chi connectivity index (χ4v) is 4.76. The zero-order valence-corrected chi connectivity index (χ0v) is 19.2. The summed E-state index contributed by atoms with van der Waals surface area (Å²) in [4.78, 5) is 19.7. The van der Waals surface area contributed by atoms with Crippen molar-refractivity contribution in [2.45, 2.75) is 6.54 Å². The maximum atomic E-state index is 13.4. The molecule has 0 saturated heterocycles. The number of anilines is 1. The standard InChI is InChI=1S/C25H19ClN2O4S/c1-30-20-11-9-18(26)24-23(20)27-25(33-24)28(14-17-5-3-2-4-6-17)22(29)12-8-16-7-10-19-21(13-16)32-15-31-19/h2-13H,14-15H2,1H3/b12-8+. The number of carbonyl (C=O) groups is 1. The van der Waals surface area contributed by atoms with Crippen molar-refractivity contribution in [1.29, 1.82) is 0 Å². The van der Waals surface area contributed by atoms with Gasteiger partial charge in [-0.15, -0.1) is 0 Å². The van der Waals surface area contributed by atoms with Gasteiger partial charge in [-0.1, -0.05) is 59.3 Å². The van der Waals surface area contributed by atoms with E-state index in [1.165, 1.54) is 17.4 Å². The van der Waals surface area contributed by atoms with Crippen molar-refractivity contribution in [2.24, 2.45) is 0 Å². The van der Waals surface area contributed by atoms with E-state index in [2.05, 4.69) is 0 Å². The van der Waals surface area contributed by atoms with Crippen LogP contribution in [0.25, 0.3) is 16.3 Å². The maximum Gasteiger partial charge on any atom is 0.253 e. The topological polar surface area (TPSA) is 60.9 Å². The van der Waals surface area contributed by atoms with Crippen LogP contribution in [0.15, 0.2) is 66.7 Å². The molecule has 0 spiro atoms. The van der Waals surface area contributed by atoms with Crippen molar-refractivity contribution in [3.8, 4) is 17.2 Å². The summed E-state index contributed by atoms with van der Waals surface area (Å²) in [7, 11) is 1.59. The fraction of sp³-hybridized carbons (Fsp3) is 0.120. The highest BCUT2D eigenvalue weighted by Crippen LogP contribution is 2.39. The molecule has 0 N–H and O–H groups in total. The molecule has 0 saturated carbocycles. The number of rotatable bonds is 6. The van der Waals surface area contributed by atoms with E-state index in [4.69, 9.17) is 30.8 Å². The first-order valence-electron chi connectivity index (χ1n) is 10.2. The molecule has 0 aliphatic carbocycles. The van der Waals surface area contributed by atoms with Crippen LogP contribution in [0.4, 0.5) is 5.13 Å². The molecule has 0 radical (unpaired) electrons. The van der Waals surface area contributed by atoms with Gasteiger partial charge in [0, 0.05) is 6.08 Å². The fourth-order valence-electron chi connectivity index (χ4n) is 3.50. The molecule has 4 aromatic rings. The Balaban J connectivity index is 1.50. The lowest BCUT2D eigenvalue weighted by Crippen LogP contribution is -2.28. The van der Waals surface area contributed by atoms with E-state index in [1.807, 2.05) is 48.5 Å². The van der Waals surface area contributed by atoms with Gasteiger partial charge in [0.15, 0.2) is 16.6 Å². The molecule has 1 aromatic heterocycles. The van der Waals surface area contributed by atoms with Gasteiger partial charge in [0.1, 0.15) is 11.3 Å². The largest absolute Gasteiger partial charge is 0.494 e. The van der Waals surface area contributed by atoms with Crippen LogP contribution in [-0.4, -0.2) is 24.8 Å². The Bertz CT molecular complexity index is 1350. The number of methoxy groups -OCH3 is 1. The van der Waals surface area contributed by atoms with Crippen LogP contribution in [0.1, 0.15) is 11.1 Å². The predicted molar refractivity (Wildman–Crippen MR) is 130 cm³/mol. The number of ether oxygens (including phenoxy) is 3. The van der Waals surface area contributed by atoms with Gasteiger partial charge in [-0.25, -0.2) is 4.98 Å². The van der Waals surface area contributed by atoms with Crippen molar-refractivity contribution in [3.63, 3.8) is 0 Å². The number of hydrogen-bond acceptors (Lipinski definition) is 6. The van der Waals surface area contributed by atoms with Crippen LogP contribution >= 0.6 is 22.9 Å². The van der Waals surface area contributed by atoms with Gasteiger partial charge in [-0.05, 0) is 41.5 Å². The Morgan fingerprint density at radius 2 is 1.97 bits per heavy atom. The molecule has 166 valence electrons. The molecule has 33 heavy (non-hydrogen) atoms. The molecule has 1 aliphatic rings. The highest BCUT2D eigenvalue weighted by Gasteiger charge is 2.21. The summed E-state index contributed by atoms with van der Waals surface area (Å²) >= 11 is 7.77. The summed E-state index contributed by atoms with van der Waals surface area (Å²) < 4.78 is 17.0. The van der Waals surface area contributed by atoms with Gasteiger partial charge in [-0.2, -0.15) is 0 Å².